The molecule has 1 fully saturated rings. The zero-order valence-corrected chi connectivity index (χ0v) is 11.8. The van der Waals surface area contributed by atoms with Crippen molar-refractivity contribution in [3.63, 3.8) is 0 Å². The topological polar surface area (TPSA) is 52.6 Å². The van der Waals surface area contributed by atoms with Crippen LogP contribution in [0.2, 0.25) is 0 Å². The summed E-state index contributed by atoms with van der Waals surface area (Å²) < 4.78 is 0. The molecule has 1 aliphatic heterocycles. The highest BCUT2D eigenvalue weighted by Gasteiger charge is 2.29. The van der Waals surface area contributed by atoms with Gasteiger partial charge in [0.05, 0.1) is 12.1 Å². The fourth-order valence-electron chi connectivity index (χ4n) is 2.45. The minimum Gasteiger partial charge on any atom is -0.511 e. The Bertz CT molecular complexity index is 304. The van der Waals surface area contributed by atoms with Crippen LogP contribution in [0.3, 0.4) is 0 Å². The Hall–Kier alpha value is -1.03. The lowest BCUT2D eigenvalue weighted by Crippen LogP contribution is -2.52. The summed E-state index contributed by atoms with van der Waals surface area (Å²) in [4.78, 5) is 14.3. The molecule has 1 amide bonds. The highest BCUT2D eigenvalue weighted by atomic mass is 16.3. The van der Waals surface area contributed by atoms with Crippen LogP contribution in [-0.2, 0) is 4.79 Å². The smallest absolute Gasteiger partial charge is 0.237 e. The molecule has 1 aliphatic rings. The van der Waals surface area contributed by atoms with E-state index in [1.807, 2.05) is 20.9 Å². The van der Waals surface area contributed by atoms with Crippen molar-refractivity contribution in [2.24, 2.45) is 5.92 Å². The van der Waals surface area contributed by atoms with E-state index in [0.717, 1.165) is 32.2 Å². The Morgan fingerprint density at radius 2 is 2.22 bits per heavy atom. The van der Waals surface area contributed by atoms with Gasteiger partial charge >= 0.3 is 0 Å². The highest BCUT2D eigenvalue weighted by Crippen LogP contribution is 2.17. The summed E-state index contributed by atoms with van der Waals surface area (Å²) in [5, 5.41) is 12.5. The second kappa shape index (κ2) is 6.78. The molecule has 3 unspecified atom stereocenters. The molecule has 0 saturated carbocycles. The summed E-state index contributed by atoms with van der Waals surface area (Å²) in [6.45, 7) is 8.59. The molecule has 3 atom stereocenters. The molecule has 0 radical (unpaired) electrons. The number of likely N-dealkylation sites (tertiary alicyclic amines) is 1. The molecular formula is C14H26N2O2. The third-order valence-electron chi connectivity index (χ3n) is 3.94. The number of likely N-dealkylation sites (N-methyl/N-ethyl adjacent to an activating group) is 1. The van der Waals surface area contributed by atoms with E-state index in [4.69, 9.17) is 0 Å². The number of piperidine rings is 1. The van der Waals surface area contributed by atoms with E-state index in [1.165, 1.54) is 0 Å². The monoisotopic (exact) mass is 254 g/mol. The number of carbonyl (C=O) groups is 1. The molecule has 0 spiro atoms. The molecule has 4 heteroatoms. The lowest BCUT2D eigenvalue weighted by Gasteiger charge is -2.33. The Morgan fingerprint density at radius 3 is 2.72 bits per heavy atom. The average molecular weight is 254 g/mol. The number of nitrogens with zero attached hydrogens (tertiary/aromatic N) is 1. The maximum Gasteiger partial charge on any atom is 0.237 e. The number of aliphatic hydroxyl groups excluding tert-OH is 1. The first-order valence-corrected chi connectivity index (χ1v) is 6.85. The van der Waals surface area contributed by atoms with Crippen LogP contribution >= 0.6 is 0 Å². The highest BCUT2D eigenvalue weighted by molar-refractivity contribution is 5.82. The summed E-state index contributed by atoms with van der Waals surface area (Å²) in [5.74, 6) is 0.259. The fourth-order valence-corrected chi connectivity index (χ4v) is 2.45. The number of nitrogens with one attached hydrogen (secondary N) is 1. The van der Waals surface area contributed by atoms with Gasteiger partial charge in [-0.05, 0) is 32.4 Å². The number of hydrogen-bond donors (Lipinski definition) is 2. The van der Waals surface area contributed by atoms with Crippen molar-refractivity contribution >= 4 is 5.91 Å². The van der Waals surface area contributed by atoms with E-state index >= 15 is 0 Å². The molecule has 1 rings (SSSR count). The standard InChI is InChI=1S/C14H26N2O2/c1-5-10(2)13(11(3)17)15-14(18)12-8-6-7-9-16(12)4/h10,12-13,17H,3,5-9H2,1-2,4H3,(H,15,18). The third kappa shape index (κ3) is 3.73. The van der Waals surface area contributed by atoms with Crippen LogP contribution in [0.15, 0.2) is 12.3 Å². The van der Waals surface area contributed by atoms with Crippen LogP contribution < -0.4 is 5.32 Å². The summed E-state index contributed by atoms with van der Waals surface area (Å²) in [5.41, 5.74) is 0. The van der Waals surface area contributed by atoms with E-state index in [1.54, 1.807) is 0 Å². The van der Waals surface area contributed by atoms with Crippen LogP contribution in [0.4, 0.5) is 0 Å². The lowest BCUT2D eigenvalue weighted by atomic mass is 9.96. The summed E-state index contributed by atoms with van der Waals surface area (Å²) in [7, 11) is 1.98. The number of hydrogen-bond acceptors (Lipinski definition) is 3. The Kier molecular flexibility index (Phi) is 5.66. The number of carbonyl (C=O) groups excluding carboxylic acids is 1. The SMILES string of the molecule is C=C(O)C(NC(=O)C1CCCCN1C)C(C)CC. The van der Waals surface area contributed by atoms with Gasteiger partial charge in [-0.3, -0.25) is 9.69 Å². The molecule has 0 aromatic rings. The molecule has 0 aliphatic carbocycles. The van der Waals surface area contributed by atoms with Gasteiger partial charge in [-0.25, -0.2) is 0 Å². The molecule has 1 saturated heterocycles. The lowest BCUT2D eigenvalue weighted by molar-refractivity contribution is -0.128. The second-order valence-corrected chi connectivity index (χ2v) is 5.36. The quantitative estimate of drug-likeness (QED) is 0.739. The predicted octanol–water partition coefficient (Wildman–Crippen LogP) is 2.07. The maximum absolute atomic E-state index is 12.2. The summed E-state index contributed by atoms with van der Waals surface area (Å²) in [6.07, 6.45) is 4.04. The van der Waals surface area contributed by atoms with Crippen molar-refractivity contribution in [3.8, 4) is 0 Å². The minimum absolute atomic E-state index is 0.0118. The molecule has 0 aromatic carbocycles. The van der Waals surface area contributed by atoms with Gasteiger partial charge in [0.25, 0.3) is 0 Å². The summed E-state index contributed by atoms with van der Waals surface area (Å²) in [6, 6.07) is -0.400. The van der Waals surface area contributed by atoms with E-state index in [-0.39, 0.29) is 29.7 Å². The van der Waals surface area contributed by atoms with Crippen LogP contribution in [0.5, 0.6) is 0 Å². The van der Waals surface area contributed by atoms with Crippen molar-refractivity contribution in [3.05, 3.63) is 12.3 Å². The van der Waals surface area contributed by atoms with Crippen LogP contribution in [0.25, 0.3) is 0 Å². The van der Waals surface area contributed by atoms with E-state index < -0.39 is 0 Å². The zero-order chi connectivity index (χ0) is 13.7. The first kappa shape index (κ1) is 15.0. The first-order chi connectivity index (χ1) is 8.47. The third-order valence-corrected chi connectivity index (χ3v) is 3.94. The second-order valence-electron chi connectivity index (χ2n) is 5.36. The van der Waals surface area contributed by atoms with Crippen molar-refractivity contribution in [2.45, 2.75) is 51.6 Å². The number of rotatable bonds is 5. The van der Waals surface area contributed by atoms with Gasteiger partial charge in [0.1, 0.15) is 5.76 Å². The van der Waals surface area contributed by atoms with E-state index in [2.05, 4.69) is 16.8 Å². The first-order valence-electron chi connectivity index (χ1n) is 6.85. The van der Waals surface area contributed by atoms with Crippen LogP contribution in [0.1, 0.15) is 39.5 Å². The Balaban J connectivity index is 2.63. The van der Waals surface area contributed by atoms with Crippen molar-refractivity contribution in [2.75, 3.05) is 13.6 Å². The van der Waals surface area contributed by atoms with Crippen LogP contribution in [0, 0.1) is 5.92 Å². The molecular weight excluding hydrogens is 228 g/mol. The zero-order valence-electron chi connectivity index (χ0n) is 11.8. The molecule has 0 aromatic heterocycles. The molecule has 1 heterocycles. The maximum atomic E-state index is 12.2. The number of aliphatic hydroxyl groups is 1. The largest absolute Gasteiger partial charge is 0.511 e. The molecule has 18 heavy (non-hydrogen) atoms. The van der Waals surface area contributed by atoms with Crippen molar-refractivity contribution in [1.29, 1.82) is 0 Å². The van der Waals surface area contributed by atoms with Gasteiger partial charge in [0, 0.05) is 0 Å². The van der Waals surface area contributed by atoms with Crippen molar-refractivity contribution < 1.29 is 9.90 Å². The van der Waals surface area contributed by atoms with Gasteiger partial charge in [-0.1, -0.05) is 33.3 Å². The average Bonchev–Trinajstić information content (AvgIpc) is 2.35. The van der Waals surface area contributed by atoms with Crippen molar-refractivity contribution in [1.82, 2.24) is 10.2 Å². The van der Waals surface area contributed by atoms with Gasteiger partial charge in [-0.2, -0.15) is 0 Å². The molecule has 0 bridgehead atoms. The van der Waals surface area contributed by atoms with Gasteiger partial charge in [0.15, 0.2) is 0 Å². The Morgan fingerprint density at radius 1 is 1.56 bits per heavy atom. The Labute approximate surface area is 110 Å². The normalized spacial score (nSPS) is 24.3. The van der Waals surface area contributed by atoms with Gasteiger partial charge in [-0.15, -0.1) is 0 Å². The van der Waals surface area contributed by atoms with Gasteiger partial charge < -0.3 is 10.4 Å². The fraction of sp³-hybridized carbons (Fsp3) is 0.786. The van der Waals surface area contributed by atoms with Crippen LogP contribution in [-0.4, -0.2) is 41.6 Å². The van der Waals surface area contributed by atoms with Gasteiger partial charge in [0.2, 0.25) is 5.91 Å². The van der Waals surface area contributed by atoms with E-state index in [0.29, 0.717) is 0 Å². The molecule has 2 N–H and O–H groups in total. The number of amides is 1. The minimum atomic E-state index is -0.335. The molecule has 104 valence electrons. The molecule has 4 nitrogen and oxygen atoms in total. The summed E-state index contributed by atoms with van der Waals surface area (Å²) >= 11 is 0. The van der Waals surface area contributed by atoms with E-state index in [9.17, 15) is 9.90 Å². The predicted molar refractivity (Wildman–Crippen MR) is 73.4 cm³/mol.